The number of amides is 1. The number of halogens is 4. The lowest BCUT2D eigenvalue weighted by Gasteiger charge is -2.36. The smallest absolute Gasteiger partial charge is 0.416 e. The van der Waals surface area contributed by atoms with Crippen molar-refractivity contribution in [2.45, 2.75) is 58.9 Å². The van der Waals surface area contributed by atoms with Gasteiger partial charge < -0.3 is 15.1 Å². The van der Waals surface area contributed by atoms with Gasteiger partial charge in [-0.1, -0.05) is 20.8 Å². The van der Waals surface area contributed by atoms with Crippen LogP contribution in [0.5, 0.6) is 5.75 Å². The van der Waals surface area contributed by atoms with E-state index < -0.39 is 31.8 Å². The lowest BCUT2D eigenvalue weighted by atomic mass is 10.1. The maximum absolute atomic E-state index is 13.5. The number of rotatable bonds is 6. The monoisotopic (exact) mass is 532 g/mol. The van der Waals surface area contributed by atoms with Gasteiger partial charge in [-0.05, 0) is 97.7 Å². The molecule has 2 N–H and O–H groups in total. The molecule has 0 saturated heterocycles. The van der Waals surface area contributed by atoms with Crippen molar-refractivity contribution in [2.24, 2.45) is 0 Å². The Hall–Kier alpha value is -3.33. The Kier molecular flexibility index (Phi) is 7.79. The summed E-state index contributed by atoms with van der Waals surface area (Å²) >= 11 is 0. The molecule has 9 heteroatoms. The number of hydrogen-bond acceptors (Lipinski definition) is 3. The van der Waals surface area contributed by atoms with E-state index in [9.17, 15) is 22.4 Å². The first kappa shape index (κ1) is 28.2. The molecule has 1 amide bonds. The average molecular weight is 533 g/mol. The van der Waals surface area contributed by atoms with Crippen LogP contribution in [-0.2, 0) is 6.18 Å². The molecule has 3 aromatic carbocycles. The largest absolute Gasteiger partial charge is 0.543 e. The molecule has 0 aliphatic rings. The predicted octanol–water partition coefficient (Wildman–Crippen LogP) is 8.84. The van der Waals surface area contributed by atoms with Crippen LogP contribution in [0.15, 0.2) is 54.6 Å². The molecule has 0 radical (unpaired) electrons. The van der Waals surface area contributed by atoms with Crippen LogP contribution in [0.4, 0.5) is 34.6 Å². The third-order valence-electron chi connectivity index (χ3n) is 6.67. The van der Waals surface area contributed by atoms with Crippen LogP contribution in [0.1, 0.15) is 47.8 Å². The molecular formula is C28H32F4N2O2Si. The van der Waals surface area contributed by atoms with Gasteiger partial charge in [0.15, 0.2) is 0 Å². The Morgan fingerprint density at radius 2 is 1.43 bits per heavy atom. The van der Waals surface area contributed by atoms with Crippen LogP contribution >= 0.6 is 0 Å². The summed E-state index contributed by atoms with van der Waals surface area (Å²) in [6.45, 7) is 14.1. The lowest BCUT2D eigenvalue weighted by Crippen LogP contribution is -2.43. The fraction of sp³-hybridized carbons (Fsp3) is 0.321. The van der Waals surface area contributed by atoms with Gasteiger partial charge in [0.2, 0.25) is 8.32 Å². The zero-order valence-corrected chi connectivity index (χ0v) is 23.0. The number of carbonyl (C=O) groups excluding carboxylic acids is 1. The first-order chi connectivity index (χ1) is 17.0. The fourth-order valence-electron chi connectivity index (χ4n) is 3.41. The van der Waals surface area contributed by atoms with Gasteiger partial charge in [0, 0.05) is 11.4 Å². The molecule has 0 fully saturated rings. The zero-order chi connectivity index (χ0) is 27.8. The zero-order valence-electron chi connectivity index (χ0n) is 22.0. The van der Waals surface area contributed by atoms with E-state index in [1.54, 1.807) is 26.0 Å². The minimum Gasteiger partial charge on any atom is -0.543 e. The van der Waals surface area contributed by atoms with Crippen molar-refractivity contribution in [3.8, 4) is 5.75 Å². The van der Waals surface area contributed by atoms with Gasteiger partial charge in [0.25, 0.3) is 5.91 Å². The molecule has 0 aromatic heterocycles. The second kappa shape index (κ2) is 10.2. The van der Waals surface area contributed by atoms with Crippen molar-refractivity contribution in [3.63, 3.8) is 0 Å². The number of hydrogen-bond donors (Lipinski definition) is 2. The molecule has 4 nitrogen and oxygen atoms in total. The normalized spacial score (nSPS) is 12.3. The number of anilines is 3. The van der Waals surface area contributed by atoms with Crippen molar-refractivity contribution < 1.29 is 26.8 Å². The third-order valence-corrected chi connectivity index (χ3v) is 11.0. The molecule has 0 saturated carbocycles. The van der Waals surface area contributed by atoms with Crippen molar-refractivity contribution in [1.82, 2.24) is 0 Å². The molecule has 0 aliphatic heterocycles. The molecule has 0 aliphatic carbocycles. The Morgan fingerprint density at radius 3 is 2.00 bits per heavy atom. The lowest BCUT2D eigenvalue weighted by molar-refractivity contribution is -0.137. The summed E-state index contributed by atoms with van der Waals surface area (Å²) < 4.78 is 60.2. The van der Waals surface area contributed by atoms with Gasteiger partial charge in [0.1, 0.15) is 11.6 Å². The van der Waals surface area contributed by atoms with Crippen LogP contribution in [0, 0.1) is 19.7 Å². The first-order valence-electron chi connectivity index (χ1n) is 11.8. The Morgan fingerprint density at radius 1 is 0.838 bits per heavy atom. The van der Waals surface area contributed by atoms with Crippen molar-refractivity contribution in [1.29, 1.82) is 0 Å². The molecular weight excluding hydrogens is 500 g/mol. The first-order valence-corrected chi connectivity index (χ1v) is 14.7. The highest BCUT2D eigenvalue weighted by molar-refractivity contribution is 6.74. The molecule has 0 bridgehead atoms. The van der Waals surface area contributed by atoms with Gasteiger partial charge >= 0.3 is 6.18 Å². The van der Waals surface area contributed by atoms with E-state index in [1.165, 1.54) is 24.3 Å². The minimum absolute atomic E-state index is 0.00354. The molecule has 0 atom stereocenters. The van der Waals surface area contributed by atoms with Gasteiger partial charge in [-0.2, -0.15) is 13.2 Å². The van der Waals surface area contributed by atoms with Crippen LogP contribution in [0.3, 0.4) is 0 Å². The summed E-state index contributed by atoms with van der Waals surface area (Å²) in [6.07, 6.45) is -4.63. The molecule has 3 aromatic rings. The summed E-state index contributed by atoms with van der Waals surface area (Å²) in [6, 6.07) is 12.1. The second-order valence-electron chi connectivity index (χ2n) is 10.6. The van der Waals surface area contributed by atoms with Crippen LogP contribution in [-0.4, -0.2) is 14.2 Å². The van der Waals surface area contributed by atoms with Crippen molar-refractivity contribution in [2.75, 3.05) is 10.6 Å². The van der Waals surface area contributed by atoms with Crippen LogP contribution in [0.25, 0.3) is 0 Å². The maximum Gasteiger partial charge on any atom is 0.416 e. The highest BCUT2D eigenvalue weighted by Gasteiger charge is 2.39. The third kappa shape index (κ3) is 6.71. The van der Waals surface area contributed by atoms with E-state index in [-0.39, 0.29) is 16.3 Å². The van der Waals surface area contributed by atoms with E-state index in [0.717, 1.165) is 12.1 Å². The highest BCUT2D eigenvalue weighted by atomic mass is 28.4. The minimum atomic E-state index is -4.63. The topological polar surface area (TPSA) is 50.4 Å². The summed E-state index contributed by atoms with van der Waals surface area (Å²) in [7, 11) is -2.07. The molecule has 37 heavy (non-hydrogen) atoms. The van der Waals surface area contributed by atoms with E-state index in [0.29, 0.717) is 28.3 Å². The number of nitrogens with one attached hydrogen (secondary N) is 2. The Balaban J connectivity index is 1.93. The standard InChI is InChI=1S/C28H32F4N2O2Si/c1-17-14-20(29)9-12-23(17)33-25-11-8-19(28(30,31)32)16-22(25)26(35)34-24-13-10-21(15-18(24)2)36-37(6,7)27(3,4)5/h8-16,33H,1-7H3,(H,34,35). The van der Waals surface area contributed by atoms with E-state index in [4.69, 9.17) is 4.43 Å². The summed E-state index contributed by atoms with van der Waals surface area (Å²) in [4.78, 5) is 13.2. The average Bonchev–Trinajstić information content (AvgIpc) is 2.76. The summed E-state index contributed by atoms with van der Waals surface area (Å²) in [5.74, 6) is -0.477. The fourth-order valence-corrected chi connectivity index (χ4v) is 4.43. The molecule has 0 heterocycles. The number of alkyl halides is 3. The summed E-state index contributed by atoms with van der Waals surface area (Å²) in [5, 5.41) is 5.70. The Labute approximate surface area is 216 Å². The van der Waals surface area contributed by atoms with Gasteiger partial charge in [-0.3, -0.25) is 4.79 Å². The number of aryl methyl sites for hydroxylation is 2. The predicted molar refractivity (Wildman–Crippen MR) is 143 cm³/mol. The quantitative estimate of drug-likeness (QED) is 0.246. The molecule has 0 spiro atoms. The van der Waals surface area contributed by atoms with Gasteiger partial charge in [-0.25, -0.2) is 4.39 Å². The summed E-state index contributed by atoms with van der Waals surface area (Å²) in [5.41, 5.74) is 1.19. The van der Waals surface area contributed by atoms with Crippen molar-refractivity contribution in [3.05, 3.63) is 82.7 Å². The van der Waals surface area contributed by atoms with E-state index in [1.807, 2.05) is 6.07 Å². The van der Waals surface area contributed by atoms with Crippen molar-refractivity contribution >= 4 is 31.3 Å². The molecule has 198 valence electrons. The van der Waals surface area contributed by atoms with E-state index >= 15 is 0 Å². The molecule has 3 rings (SSSR count). The highest BCUT2D eigenvalue weighted by Crippen LogP contribution is 2.38. The number of benzene rings is 3. The number of carbonyl (C=O) groups is 1. The van der Waals surface area contributed by atoms with Crippen LogP contribution in [0.2, 0.25) is 18.1 Å². The van der Waals surface area contributed by atoms with Gasteiger partial charge in [0.05, 0.1) is 16.8 Å². The van der Waals surface area contributed by atoms with E-state index in [2.05, 4.69) is 44.5 Å². The Bertz CT molecular complexity index is 1310. The molecule has 0 unspecified atom stereocenters. The maximum atomic E-state index is 13.5. The SMILES string of the molecule is Cc1cc(O[Si](C)(C)C(C)(C)C)ccc1NC(=O)c1cc(C(F)(F)F)ccc1Nc1ccc(F)cc1C. The van der Waals surface area contributed by atoms with Crippen LogP contribution < -0.4 is 15.1 Å². The van der Waals surface area contributed by atoms with Gasteiger partial charge in [-0.15, -0.1) is 0 Å². The second-order valence-corrected chi connectivity index (χ2v) is 15.4.